The van der Waals surface area contributed by atoms with Crippen molar-refractivity contribution in [3.8, 4) is 11.5 Å². The Hall–Kier alpha value is -2.08. The first-order valence-electron chi connectivity index (χ1n) is 9.96. The molecule has 0 saturated heterocycles. The van der Waals surface area contributed by atoms with E-state index in [0.29, 0.717) is 33.3 Å². The summed E-state index contributed by atoms with van der Waals surface area (Å²) < 4.78 is 12.3. The molecule has 0 fully saturated rings. The number of halogens is 3. The normalized spacial score (nSPS) is 11.0. The summed E-state index contributed by atoms with van der Waals surface area (Å²) in [7, 11) is 1.56. The largest absolute Gasteiger partial charge is 0.493 e. The predicted octanol–water partition coefficient (Wildman–Crippen LogP) is 5.83. The lowest BCUT2D eigenvalue weighted by Gasteiger charge is -2.14. The van der Waals surface area contributed by atoms with Gasteiger partial charge in [0.2, 0.25) is 0 Å². The lowest BCUT2D eigenvalue weighted by molar-refractivity contribution is -0.118. The molecule has 0 spiro atoms. The number of aromatic nitrogens is 2. The zero-order valence-corrected chi connectivity index (χ0v) is 23.1. The summed E-state index contributed by atoms with van der Waals surface area (Å²) >= 11 is 15.5. The van der Waals surface area contributed by atoms with Crippen LogP contribution in [0.1, 0.15) is 22.5 Å². The molecule has 3 rings (SSSR count). The van der Waals surface area contributed by atoms with E-state index in [1.54, 1.807) is 31.5 Å². The van der Waals surface area contributed by atoms with Gasteiger partial charge >= 0.3 is 0 Å². The summed E-state index contributed by atoms with van der Waals surface area (Å²) in [5, 5.41) is 5.56. The smallest absolute Gasteiger partial charge is 0.250 e. The first-order valence-corrected chi connectivity index (χ1v) is 12.8. The molecule has 0 saturated carbocycles. The molecule has 0 aliphatic rings. The standard InChI is InChI=1S/C23H21Cl2IN4O3S/c1-13-6-14(2)29-23(28-13)34-12-21(31)30-27-10-16-8-19(26)22(20(9-16)32-3)33-11-15-4-5-17(24)18(25)7-15/h4-10H,11-12H2,1-3H3,(H,30,31)/b27-10-. The number of rotatable bonds is 9. The molecule has 0 aliphatic carbocycles. The van der Waals surface area contributed by atoms with Crippen molar-refractivity contribution in [3.63, 3.8) is 0 Å². The van der Waals surface area contributed by atoms with Crippen LogP contribution < -0.4 is 14.9 Å². The fourth-order valence-electron chi connectivity index (χ4n) is 2.84. The number of nitrogens with zero attached hydrogens (tertiary/aromatic N) is 3. The average molecular weight is 631 g/mol. The van der Waals surface area contributed by atoms with Crippen LogP contribution >= 0.6 is 57.6 Å². The van der Waals surface area contributed by atoms with Gasteiger partial charge in [0.15, 0.2) is 16.7 Å². The quantitative estimate of drug-likeness (QED) is 0.105. The number of nitrogens with one attached hydrogen (secondary N) is 1. The van der Waals surface area contributed by atoms with Crippen molar-refractivity contribution in [2.45, 2.75) is 25.6 Å². The van der Waals surface area contributed by atoms with Gasteiger partial charge in [-0.25, -0.2) is 15.4 Å². The number of hydrogen-bond acceptors (Lipinski definition) is 7. The lowest BCUT2D eigenvalue weighted by atomic mass is 10.2. The SMILES string of the molecule is COc1cc(/C=N\NC(=O)CSc2nc(C)cc(C)n2)cc(I)c1OCc1ccc(Cl)c(Cl)c1. The fraction of sp³-hybridized carbons (Fsp3) is 0.217. The van der Waals surface area contributed by atoms with Gasteiger partial charge < -0.3 is 9.47 Å². The van der Waals surface area contributed by atoms with Crippen LogP contribution in [-0.4, -0.2) is 35.0 Å². The van der Waals surface area contributed by atoms with E-state index >= 15 is 0 Å². The number of ether oxygens (including phenoxy) is 2. The number of methoxy groups -OCH3 is 1. The molecule has 3 aromatic rings. The molecule has 1 heterocycles. The summed E-state index contributed by atoms with van der Waals surface area (Å²) in [6.07, 6.45) is 1.54. The minimum atomic E-state index is -0.257. The zero-order valence-electron chi connectivity index (χ0n) is 18.6. The van der Waals surface area contributed by atoms with Crippen molar-refractivity contribution >= 4 is 69.7 Å². The van der Waals surface area contributed by atoms with E-state index < -0.39 is 0 Å². The van der Waals surface area contributed by atoms with Gasteiger partial charge in [0.05, 0.1) is 32.7 Å². The summed E-state index contributed by atoms with van der Waals surface area (Å²) in [5.41, 5.74) is 5.86. The Morgan fingerprint density at radius 1 is 1.15 bits per heavy atom. The van der Waals surface area contributed by atoms with Gasteiger partial charge in [-0.2, -0.15) is 5.10 Å². The third-order valence-electron chi connectivity index (χ3n) is 4.32. The Labute approximate surface area is 225 Å². The van der Waals surface area contributed by atoms with Gasteiger partial charge in [-0.1, -0.05) is 41.0 Å². The molecule has 2 aromatic carbocycles. The van der Waals surface area contributed by atoms with E-state index in [0.717, 1.165) is 26.1 Å². The van der Waals surface area contributed by atoms with E-state index in [1.165, 1.54) is 11.8 Å². The minimum Gasteiger partial charge on any atom is -0.493 e. The molecule has 1 amide bonds. The second-order valence-electron chi connectivity index (χ2n) is 7.09. The Morgan fingerprint density at radius 3 is 2.56 bits per heavy atom. The Balaban J connectivity index is 1.59. The molecule has 34 heavy (non-hydrogen) atoms. The van der Waals surface area contributed by atoms with Crippen LogP contribution in [0.25, 0.3) is 0 Å². The number of aryl methyl sites for hydroxylation is 2. The Morgan fingerprint density at radius 2 is 1.88 bits per heavy atom. The van der Waals surface area contributed by atoms with E-state index in [9.17, 15) is 4.79 Å². The number of amides is 1. The molecule has 0 atom stereocenters. The van der Waals surface area contributed by atoms with E-state index in [-0.39, 0.29) is 11.7 Å². The summed E-state index contributed by atoms with van der Waals surface area (Å²) in [6.45, 7) is 4.08. The van der Waals surface area contributed by atoms with E-state index in [1.807, 2.05) is 32.0 Å². The van der Waals surface area contributed by atoms with E-state index in [4.69, 9.17) is 32.7 Å². The van der Waals surface area contributed by atoms with Gasteiger partial charge in [0, 0.05) is 11.4 Å². The van der Waals surface area contributed by atoms with Gasteiger partial charge in [-0.05, 0) is 77.9 Å². The van der Waals surface area contributed by atoms with Crippen molar-refractivity contribution in [1.29, 1.82) is 0 Å². The molecule has 0 bridgehead atoms. The van der Waals surface area contributed by atoms with Crippen LogP contribution in [0.3, 0.4) is 0 Å². The van der Waals surface area contributed by atoms with Gasteiger partial charge in [-0.3, -0.25) is 4.79 Å². The summed E-state index contributed by atoms with van der Waals surface area (Å²) in [5.74, 6) is 1.04. The van der Waals surface area contributed by atoms with E-state index in [2.05, 4.69) is 43.1 Å². The molecule has 178 valence electrons. The third kappa shape index (κ3) is 7.72. The molecule has 7 nitrogen and oxygen atoms in total. The lowest BCUT2D eigenvalue weighted by Crippen LogP contribution is -2.19. The van der Waals surface area contributed by atoms with Crippen LogP contribution in [0.4, 0.5) is 0 Å². The highest BCUT2D eigenvalue weighted by Gasteiger charge is 2.12. The maximum absolute atomic E-state index is 12.1. The maximum atomic E-state index is 12.1. The highest BCUT2D eigenvalue weighted by Crippen LogP contribution is 2.34. The second kappa shape index (κ2) is 12.6. The monoisotopic (exact) mass is 630 g/mol. The Kier molecular flexibility index (Phi) is 9.81. The molecule has 11 heteroatoms. The average Bonchev–Trinajstić information content (AvgIpc) is 2.78. The zero-order chi connectivity index (χ0) is 24.7. The van der Waals surface area contributed by atoms with Crippen molar-refractivity contribution in [1.82, 2.24) is 15.4 Å². The molecule has 0 radical (unpaired) electrons. The maximum Gasteiger partial charge on any atom is 0.250 e. The number of hydrazone groups is 1. The molecule has 1 aromatic heterocycles. The molecule has 1 N–H and O–H groups in total. The second-order valence-corrected chi connectivity index (χ2v) is 10.0. The van der Waals surface area contributed by atoms with Crippen LogP contribution in [0.15, 0.2) is 46.7 Å². The van der Waals surface area contributed by atoms with Crippen LogP contribution in [0.5, 0.6) is 11.5 Å². The van der Waals surface area contributed by atoms with Crippen LogP contribution in [0.2, 0.25) is 10.0 Å². The van der Waals surface area contributed by atoms with Gasteiger partial charge in [0.25, 0.3) is 5.91 Å². The minimum absolute atomic E-state index is 0.155. The number of benzene rings is 2. The van der Waals surface area contributed by atoms with Gasteiger partial charge in [-0.15, -0.1) is 0 Å². The highest BCUT2D eigenvalue weighted by atomic mass is 127. The third-order valence-corrected chi connectivity index (χ3v) is 6.70. The number of thioether (sulfide) groups is 1. The number of carbonyl (C=O) groups is 1. The van der Waals surface area contributed by atoms with Crippen molar-refractivity contribution in [3.05, 3.63) is 72.5 Å². The van der Waals surface area contributed by atoms with Gasteiger partial charge in [0.1, 0.15) is 6.61 Å². The number of carbonyl (C=O) groups excluding carboxylic acids is 1. The van der Waals surface area contributed by atoms with Crippen LogP contribution in [0, 0.1) is 17.4 Å². The first-order chi connectivity index (χ1) is 16.2. The molecular weight excluding hydrogens is 610 g/mol. The van der Waals surface area contributed by atoms with Crippen LogP contribution in [-0.2, 0) is 11.4 Å². The predicted molar refractivity (Wildman–Crippen MR) is 144 cm³/mol. The topological polar surface area (TPSA) is 85.7 Å². The van der Waals surface area contributed by atoms with Crippen molar-refractivity contribution in [2.24, 2.45) is 5.10 Å². The fourth-order valence-corrected chi connectivity index (χ4v) is 4.68. The molecular formula is C23H21Cl2IN4O3S. The number of hydrogen-bond donors (Lipinski definition) is 1. The summed E-state index contributed by atoms with van der Waals surface area (Å²) in [4.78, 5) is 20.7. The van der Waals surface area contributed by atoms with Crippen molar-refractivity contribution in [2.75, 3.05) is 12.9 Å². The first kappa shape index (κ1) is 26.5. The summed E-state index contributed by atoms with van der Waals surface area (Å²) in [6, 6.07) is 10.9. The Bertz CT molecular complexity index is 1210. The molecule has 0 unspecified atom stereocenters. The van der Waals surface area contributed by atoms with Crippen molar-refractivity contribution < 1.29 is 14.3 Å². The molecule has 0 aliphatic heterocycles. The highest BCUT2D eigenvalue weighted by molar-refractivity contribution is 14.1.